The molecular weight excluding hydrogens is 598 g/mol. The van der Waals surface area contributed by atoms with Crippen LogP contribution >= 0.6 is 0 Å². The highest BCUT2D eigenvalue weighted by Gasteiger charge is 2.35. The molecule has 0 saturated heterocycles. The van der Waals surface area contributed by atoms with Crippen LogP contribution in [0.25, 0.3) is 0 Å². The monoisotopic (exact) mass is 641 g/mol. The highest BCUT2D eigenvalue weighted by molar-refractivity contribution is 7.92. The SMILES string of the molecule is CC[C@H](C)NC(=O)[C@H](Cc1ccccc1)N(Cc1ccc(C)cc1)C(=O)CN(c1ccc(C)cc1)S(=O)(=O)c1ccc(OC)cc1. The minimum atomic E-state index is -4.20. The second kappa shape index (κ2) is 15.6. The minimum Gasteiger partial charge on any atom is -0.497 e. The van der Waals surface area contributed by atoms with Crippen molar-refractivity contribution in [3.8, 4) is 5.75 Å². The first-order valence-electron chi connectivity index (χ1n) is 15.4. The van der Waals surface area contributed by atoms with E-state index >= 15 is 0 Å². The van der Waals surface area contributed by atoms with Crippen molar-refractivity contribution in [2.24, 2.45) is 0 Å². The molecule has 0 bridgehead atoms. The van der Waals surface area contributed by atoms with E-state index in [-0.39, 0.29) is 29.8 Å². The summed E-state index contributed by atoms with van der Waals surface area (Å²) in [6.07, 6.45) is 0.980. The van der Waals surface area contributed by atoms with Crippen LogP contribution in [0.4, 0.5) is 5.69 Å². The number of methoxy groups -OCH3 is 1. The average molecular weight is 642 g/mol. The van der Waals surface area contributed by atoms with Crippen LogP contribution in [0.2, 0.25) is 0 Å². The highest BCUT2D eigenvalue weighted by atomic mass is 32.2. The zero-order chi connectivity index (χ0) is 33.3. The van der Waals surface area contributed by atoms with Gasteiger partial charge in [0.1, 0.15) is 18.3 Å². The molecule has 0 aliphatic heterocycles. The maximum Gasteiger partial charge on any atom is 0.264 e. The molecule has 242 valence electrons. The second-order valence-electron chi connectivity index (χ2n) is 11.6. The lowest BCUT2D eigenvalue weighted by Crippen LogP contribution is -2.54. The van der Waals surface area contributed by atoms with E-state index in [0.717, 1.165) is 33.0 Å². The van der Waals surface area contributed by atoms with E-state index in [2.05, 4.69) is 5.32 Å². The maximum absolute atomic E-state index is 14.6. The van der Waals surface area contributed by atoms with E-state index in [1.54, 1.807) is 36.4 Å². The van der Waals surface area contributed by atoms with Crippen molar-refractivity contribution >= 4 is 27.5 Å². The molecule has 0 fully saturated rings. The summed E-state index contributed by atoms with van der Waals surface area (Å²) in [6.45, 7) is 7.40. The van der Waals surface area contributed by atoms with Crippen molar-refractivity contribution in [3.63, 3.8) is 0 Å². The van der Waals surface area contributed by atoms with Gasteiger partial charge in [-0.2, -0.15) is 0 Å². The Labute approximate surface area is 273 Å². The van der Waals surface area contributed by atoms with Gasteiger partial charge in [0.15, 0.2) is 0 Å². The summed E-state index contributed by atoms with van der Waals surface area (Å²) in [5.41, 5.74) is 4.06. The first kappa shape index (κ1) is 34.2. The molecule has 1 N–H and O–H groups in total. The number of ether oxygens (including phenoxy) is 1. The van der Waals surface area contributed by atoms with E-state index in [4.69, 9.17) is 4.74 Å². The zero-order valence-electron chi connectivity index (χ0n) is 27.1. The van der Waals surface area contributed by atoms with E-state index in [9.17, 15) is 18.0 Å². The number of hydrogen-bond acceptors (Lipinski definition) is 5. The molecule has 4 aromatic carbocycles. The molecule has 8 nitrogen and oxygen atoms in total. The number of nitrogens with zero attached hydrogens (tertiary/aromatic N) is 2. The molecule has 2 amide bonds. The van der Waals surface area contributed by atoms with Crippen LogP contribution in [0.15, 0.2) is 108 Å². The fraction of sp³-hybridized carbons (Fsp3) is 0.297. The van der Waals surface area contributed by atoms with Gasteiger partial charge < -0.3 is 15.0 Å². The van der Waals surface area contributed by atoms with Crippen LogP contribution in [0.1, 0.15) is 42.5 Å². The third kappa shape index (κ3) is 8.75. The van der Waals surface area contributed by atoms with Crippen molar-refractivity contribution in [3.05, 3.63) is 125 Å². The Hall–Kier alpha value is -4.63. The summed E-state index contributed by atoms with van der Waals surface area (Å²) >= 11 is 0. The number of benzene rings is 4. The predicted molar refractivity (Wildman–Crippen MR) is 182 cm³/mol. The highest BCUT2D eigenvalue weighted by Crippen LogP contribution is 2.27. The second-order valence-corrected chi connectivity index (χ2v) is 13.4. The van der Waals surface area contributed by atoms with Gasteiger partial charge in [-0.25, -0.2) is 8.42 Å². The number of aryl methyl sites for hydroxylation is 2. The van der Waals surface area contributed by atoms with Crippen molar-refractivity contribution in [2.45, 2.75) is 64.1 Å². The van der Waals surface area contributed by atoms with Crippen molar-refractivity contribution < 1.29 is 22.7 Å². The number of carbonyl (C=O) groups is 2. The molecule has 0 aliphatic rings. The van der Waals surface area contributed by atoms with Crippen LogP contribution in [-0.2, 0) is 32.6 Å². The molecule has 9 heteroatoms. The molecule has 0 aliphatic carbocycles. The fourth-order valence-corrected chi connectivity index (χ4v) is 6.41. The van der Waals surface area contributed by atoms with Gasteiger partial charge in [-0.1, -0.05) is 84.8 Å². The number of sulfonamides is 1. The van der Waals surface area contributed by atoms with Crippen LogP contribution in [0.5, 0.6) is 5.75 Å². The van der Waals surface area contributed by atoms with Crippen LogP contribution in [0.3, 0.4) is 0 Å². The van der Waals surface area contributed by atoms with Gasteiger partial charge in [-0.05, 0) is 74.7 Å². The Kier molecular flexibility index (Phi) is 11.6. The Morgan fingerprint density at radius 3 is 1.96 bits per heavy atom. The predicted octanol–water partition coefficient (Wildman–Crippen LogP) is 6.06. The van der Waals surface area contributed by atoms with Crippen molar-refractivity contribution in [1.82, 2.24) is 10.2 Å². The lowest BCUT2D eigenvalue weighted by atomic mass is 10.0. The van der Waals surface area contributed by atoms with Crippen LogP contribution < -0.4 is 14.4 Å². The summed E-state index contributed by atoms with van der Waals surface area (Å²) in [7, 11) is -2.69. The minimum absolute atomic E-state index is 0.0158. The molecule has 4 rings (SSSR count). The number of rotatable bonds is 14. The molecular formula is C37H43N3O5S. The molecule has 0 saturated carbocycles. The standard InChI is InChI=1S/C37H43N3O5S/c1-6-29(4)38-37(42)35(24-30-10-8-7-9-11-30)39(25-31-16-12-27(2)13-17-31)36(41)26-40(32-18-14-28(3)15-19-32)46(43,44)34-22-20-33(45-5)21-23-34/h7-23,29,35H,6,24-26H2,1-5H3,(H,38,42)/t29-,35-/m0/s1. The molecule has 0 spiro atoms. The Morgan fingerprint density at radius 1 is 0.804 bits per heavy atom. The van der Waals surface area contributed by atoms with E-state index in [1.165, 1.54) is 24.1 Å². The molecule has 0 unspecified atom stereocenters. The third-order valence-electron chi connectivity index (χ3n) is 7.99. The van der Waals surface area contributed by atoms with Gasteiger partial charge in [0, 0.05) is 19.0 Å². The lowest BCUT2D eigenvalue weighted by Gasteiger charge is -2.34. The lowest BCUT2D eigenvalue weighted by molar-refractivity contribution is -0.140. The van der Waals surface area contributed by atoms with Gasteiger partial charge in [-0.15, -0.1) is 0 Å². The smallest absolute Gasteiger partial charge is 0.264 e. The van der Waals surface area contributed by atoms with Crippen LogP contribution in [0, 0.1) is 13.8 Å². The molecule has 4 aromatic rings. The van der Waals surface area contributed by atoms with Gasteiger partial charge in [0.05, 0.1) is 17.7 Å². The van der Waals surface area contributed by atoms with Crippen molar-refractivity contribution in [1.29, 1.82) is 0 Å². The number of carbonyl (C=O) groups excluding carboxylic acids is 2. The summed E-state index contributed by atoms with van der Waals surface area (Å²) in [6, 6.07) is 29.3. The molecule has 2 atom stereocenters. The van der Waals surface area contributed by atoms with E-state index in [1.807, 2.05) is 82.3 Å². The van der Waals surface area contributed by atoms with E-state index in [0.29, 0.717) is 11.4 Å². The fourth-order valence-electron chi connectivity index (χ4n) is 5.00. The largest absolute Gasteiger partial charge is 0.497 e. The molecule has 0 radical (unpaired) electrons. The van der Waals surface area contributed by atoms with E-state index < -0.39 is 28.5 Å². The summed E-state index contributed by atoms with van der Waals surface area (Å²) < 4.78 is 34.7. The normalized spacial score (nSPS) is 12.5. The summed E-state index contributed by atoms with van der Waals surface area (Å²) in [5.74, 6) is -0.283. The van der Waals surface area contributed by atoms with Gasteiger partial charge >= 0.3 is 0 Å². The number of hydrogen-bond donors (Lipinski definition) is 1. The number of amides is 2. The number of anilines is 1. The van der Waals surface area contributed by atoms with Crippen molar-refractivity contribution in [2.75, 3.05) is 18.0 Å². The number of nitrogens with one attached hydrogen (secondary N) is 1. The molecule has 46 heavy (non-hydrogen) atoms. The van der Waals surface area contributed by atoms with Gasteiger partial charge in [-0.3, -0.25) is 13.9 Å². The quantitative estimate of drug-likeness (QED) is 0.181. The maximum atomic E-state index is 14.6. The third-order valence-corrected chi connectivity index (χ3v) is 9.78. The first-order valence-corrected chi connectivity index (χ1v) is 16.9. The first-order chi connectivity index (χ1) is 22.0. The van der Waals surface area contributed by atoms with Crippen LogP contribution in [-0.4, -0.2) is 50.9 Å². The molecule has 0 heterocycles. The molecule has 0 aromatic heterocycles. The Morgan fingerprint density at radius 2 is 1.39 bits per heavy atom. The zero-order valence-corrected chi connectivity index (χ0v) is 28.0. The Balaban J connectivity index is 1.80. The van der Waals surface area contributed by atoms with Gasteiger partial charge in [0.2, 0.25) is 11.8 Å². The summed E-state index contributed by atoms with van der Waals surface area (Å²) in [5, 5.41) is 3.06. The van der Waals surface area contributed by atoms with Gasteiger partial charge in [0.25, 0.3) is 10.0 Å². The average Bonchev–Trinajstić information content (AvgIpc) is 3.06. The topological polar surface area (TPSA) is 96.0 Å². The Bertz CT molecular complexity index is 1690. The summed E-state index contributed by atoms with van der Waals surface area (Å²) in [4.78, 5) is 30.0.